The summed E-state index contributed by atoms with van der Waals surface area (Å²) >= 11 is 0. The summed E-state index contributed by atoms with van der Waals surface area (Å²) in [6.45, 7) is 4.96. The van der Waals surface area contributed by atoms with E-state index in [1.54, 1.807) is 24.7 Å². The number of hydrogen-bond donors (Lipinski definition) is 2. The van der Waals surface area contributed by atoms with Crippen LogP contribution in [0.4, 0.5) is 15.8 Å². The molecule has 112 valence electrons. The predicted octanol–water partition coefficient (Wildman–Crippen LogP) is 3.00. The maximum Gasteiger partial charge on any atom is 0.221 e. The first-order chi connectivity index (χ1) is 10.1. The van der Waals surface area contributed by atoms with E-state index in [0.717, 1.165) is 24.3 Å². The van der Waals surface area contributed by atoms with Crippen LogP contribution in [0.1, 0.15) is 26.0 Å². The number of nitrogens with one attached hydrogen (secondary N) is 2. The van der Waals surface area contributed by atoms with E-state index < -0.39 is 5.82 Å². The molecular weight excluding hydrogens is 271 g/mol. The Morgan fingerprint density at radius 2 is 2.24 bits per heavy atom. The molecule has 21 heavy (non-hydrogen) atoms. The summed E-state index contributed by atoms with van der Waals surface area (Å²) in [6.07, 6.45) is 4.64. The van der Waals surface area contributed by atoms with Crippen LogP contribution in [0.5, 0.6) is 0 Å². The van der Waals surface area contributed by atoms with Crippen LogP contribution in [-0.2, 0) is 17.9 Å². The second-order valence-electron chi connectivity index (χ2n) is 4.81. The van der Waals surface area contributed by atoms with Gasteiger partial charge >= 0.3 is 0 Å². The summed E-state index contributed by atoms with van der Waals surface area (Å²) in [6, 6.07) is 4.55. The van der Waals surface area contributed by atoms with E-state index in [0.29, 0.717) is 6.54 Å². The van der Waals surface area contributed by atoms with Gasteiger partial charge in [0.05, 0.1) is 24.3 Å². The Labute approximate surface area is 123 Å². The van der Waals surface area contributed by atoms with Crippen LogP contribution in [0.15, 0.2) is 30.7 Å². The number of anilines is 2. The van der Waals surface area contributed by atoms with Crippen molar-refractivity contribution in [1.82, 2.24) is 9.55 Å². The summed E-state index contributed by atoms with van der Waals surface area (Å²) in [4.78, 5) is 15.2. The number of imidazole rings is 1. The number of aromatic nitrogens is 2. The van der Waals surface area contributed by atoms with Crippen molar-refractivity contribution in [3.63, 3.8) is 0 Å². The first-order valence-corrected chi connectivity index (χ1v) is 6.90. The van der Waals surface area contributed by atoms with Crippen LogP contribution < -0.4 is 10.6 Å². The van der Waals surface area contributed by atoms with Crippen molar-refractivity contribution in [3.8, 4) is 0 Å². The zero-order valence-corrected chi connectivity index (χ0v) is 12.2. The molecule has 1 aromatic heterocycles. The normalized spacial score (nSPS) is 10.4. The molecule has 0 fully saturated rings. The smallest absolute Gasteiger partial charge is 0.221 e. The molecule has 0 aliphatic carbocycles. The first kappa shape index (κ1) is 15.0. The number of nitrogens with zero attached hydrogens (tertiary/aromatic N) is 2. The van der Waals surface area contributed by atoms with Crippen molar-refractivity contribution in [2.24, 2.45) is 0 Å². The van der Waals surface area contributed by atoms with Gasteiger partial charge in [-0.15, -0.1) is 0 Å². The number of amides is 1. The monoisotopic (exact) mass is 290 g/mol. The quantitative estimate of drug-likeness (QED) is 0.859. The fourth-order valence-electron chi connectivity index (χ4n) is 2.05. The molecule has 0 aliphatic rings. The third kappa shape index (κ3) is 4.05. The predicted molar refractivity (Wildman–Crippen MR) is 80.5 cm³/mol. The van der Waals surface area contributed by atoms with E-state index in [4.69, 9.17) is 0 Å². The lowest BCUT2D eigenvalue weighted by molar-refractivity contribution is -0.114. The lowest BCUT2D eigenvalue weighted by Gasteiger charge is -2.11. The maximum absolute atomic E-state index is 13.6. The molecule has 0 unspecified atom stereocenters. The molecule has 0 aliphatic heterocycles. The number of aryl methyl sites for hydroxylation is 1. The van der Waals surface area contributed by atoms with Gasteiger partial charge in [-0.2, -0.15) is 0 Å². The fourth-order valence-corrected chi connectivity index (χ4v) is 2.05. The lowest BCUT2D eigenvalue weighted by atomic mass is 10.2. The number of rotatable bonds is 6. The number of halogens is 1. The SMILES string of the molecule is CCCn1cncc1CNc1ccc(F)c(NC(C)=O)c1. The molecule has 0 radical (unpaired) electrons. The molecule has 0 saturated heterocycles. The Kier molecular flexibility index (Phi) is 4.92. The van der Waals surface area contributed by atoms with Gasteiger partial charge in [0.2, 0.25) is 5.91 Å². The van der Waals surface area contributed by atoms with Gasteiger partial charge in [0.1, 0.15) is 5.82 Å². The number of benzene rings is 1. The highest BCUT2D eigenvalue weighted by Crippen LogP contribution is 2.20. The number of carbonyl (C=O) groups is 1. The van der Waals surface area contributed by atoms with Crippen molar-refractivity contribution in [3.05, 3.63) is 42.2 Å². The summed E-state index contributed by atoms with van der Waals surface area (Å²) in [5.41, 5.74) is 1.97. The summed E-state index contributed by atoms with van der Waals surface area (Å²) in [5, 5.41) is 5.67. The van der Waals surface area contributed by atoms with Crippen molar-refractivity contribution in [2.45, 2.75) is 33.4 Å². The lowest BCUT2D eigenvalue weighted by Crippen LogP contribution is -2.09. The Morgan fingerprint density at radius 1 is 1.43 bits per heavy atom. The van der Waals surface area contributed by atoms with E-state index in [2.05, 4.69) is 27.1 Å². The van der Waals surface area contributed by atoms with Crippen LogP contribution >= 0.6 is 0 Å². The van der Waals surface area contributed by atoms with E-state index in [9.17, 15) is 9.18 Å². The van der Waals surface area contributed by atoms with Gasteiger partial charge in [-0.25, -0.2) is 9.37 Å². The molecular formula is C15H19FN4O. The van der Waals surface area contributed by atoms with Crippen molar-refractivity contribution in [2.75, 3.05) is 10.6 Å². The minimum absolute atomic E-state index is 0.176. The van der Waals surface area contributed by atoms with Crippen molar-refractivity contribution >= 4 is 17.3 Å². The molecule has 1 heterocycles. The Hall–Kier alpha value is -2.37. The van der Waals surface area contributed by atoms with E-state index in [1.807, 2.05) is 0 Å². The molecule has 5 nitrogen and oxygen atoms in total. The van der Waals surface area contributed by atoms with Crippen molar-refractivity contribution < 1.29 is 9.18 Å². The molecule has 0 saturated carbocycles. The van der Waals surface area contributed by atoms with Crippen LogP contribution in [0, 0.1) is 5.82 Å². The molecule has 0 bridgehead atoms. The average molecular weight is 290 g/mol. The van der Waals surface area contributed by atoms with Gasteiger partial charge < -0.3 is 15.2 Å². The molecule has 1 aromatic carbocycles. The van der Waals surface area contributed by atoms with Gasteiger partial charge in [-0.1, -0.05) is 6.92 Å². The van der Waals surface area contributed by atoms with E-state index in [1.165, 1.54) is 13.0 Å². The minimum atomic E-state index is -0.452. The zero-order chi connectivity index (χ0) is 15.2. The standard InChI is InChI=1S/C15H19FN4O/c1-3-6-20-10-17-8-13(20)9-18-12-4-5-14(16)15(7-12)19-11(2)21/h4-5,7-8,10,18H,3,6,9H2,1-2H3,(H,19,21). The number of hydrogen-bond acceptors (Lipinski definition) is 3. The number of carbonyl (C=O) groups excluding carboxylic acids is 1. The Bertz CT molecular complexity index is 624. The largest absolute Gasteiger partial charge is 0.379 e. The topological polar surface area (TPSA) is 59.0 Å². The molecule has 2 aromatic rings. The Morgan fingerprint density at radius 3 is 2.95 bits per heavy atom. The highest BCUT2D eigenvalue weighted by molar-refractivity contribution is 5.89. The van der Waals surface area contributed by atoms with E-state index in [-0.39, 0.29) is 11.6 Å². The summed E-state index contributed by atoms with van der Waals surface area (Å²) in [5.74, 6) is -0.751. The summed E-state index contributed by atoms with van der Waals surface area (Å²) in [7, 11) is 0. The van der Waals surface area contributed by atoms with Crippen molar-refractivity contribution in [1.29, 1.82) is 0 Å². The fraction of sp³-hybridized carbons (Fsp3) is 0.333. The highest BCUT2D eigenvalue weighted by atomic mass is 19.1. The third-order valence-electron chi connectivity index (χ3n) is 3.01. The van der Waals surface area contributed by atoms with Gasteiger partial charge in [-0.3, -0.25) is 4.79 Å². The van der Waals surface area contributed by atoms with Gasteiger partial charge in [-0.05, 0) is 24.6 Å². The molecule has 1 amide bonds. The molecule has 0 atom stereocenters. The highest BCUT2D eigenvalue weighted by Gasteiger charge is 2.06. The first-order valence-electron chi connectivity index (χ1n) is 6.90. The molecule has 6 heteroatoms. The summed E-state index contributed by atoms with van der Waals surface area (Å²) < 4.78 is 15.6. The van der Waals surface area contributed by atoms with Crippen LogP contribution in [-0.4, -0.2) is 15.5 Å². The van der Waals surface area contributed by atoms with Crippen LogP contribution in [0.3, 0.4) is 0 Å². The van der Waals surface area contributed by atoms with Crippen LogP contribution in [0.2, 0.25) is 0 Å². The minimum Gasteiger partial charge on any atom is -0.379 e. The molecule has 2 N–H and O–H groups in total. The molecule has 0 spiro atoms. The Balaban J connectivity index is 2.06. The van der Waals surface area contributed by atoms with E-state index >= 15 is 0 Å². The average Bonchev–Trinajstić information content (AvgIpc) is 2.87. The van der Waals surface area contributed by atoms with Gasteiger partial charge in [0, 0.05) is 25.4 Å². The second-order valence-corrected chi connectivity index (χ2v) is 4.81. The maximum atomic E-state index is 13.6. The van der Waals surface area contributed by atoms with Crippen LogP contribution in [0.25, 0.3) is 0 Å². The van der Waals surface area contributed by atoms with Gasteiger partial charge in [0.25, 0.3) is 0 Å². The zero-order valence-electron chi connectivity index (χ0n) is 12.2. The third-order valence-corrected chi connectivity index (χ3v) is 3.01. The second kappa shape index (κ2) is 6.88. The molecule has 2 rings (SSSR count). The van der Waals surface area contributed by atoms with Gasteiger partial charge in [0.15, 0.2) is 0 Å².